The fourth-order valence-electron chi connectivity index (χ4n) is 5.29. The Kier molecular flexibility index (Phi) is 11.0. The summed E-state index contributed by atoms with van der Waals surface area (Å²) < 4.78 is 17.2. The third-order valence-corrected chi connectivity index (χ3v) is 7.98. The molecule has 0 saturated carbocycles. The molecule has 258 valence electrons. The van der Waals surface area contributed by atoms with E-state index in [2.05, 4.69) is 25.1 Å². The van der Waals surface area contributed by atoms with Crippen LogP contribution in [0.1, 0.15) is 40.5 Å². The molecular formula is C42H35N5O5. The molecule has 0 unspecified atom stereocenters. The van der Waals surface area contributed by atoms with Gasteiger partial charge in [0.25, 0.3) is 0 Å². The number of benzene rings is 2. The molecule has 0 fully saturated rings. The zero-order valence-electron chi connectivity index (χ0n) is 29.1. The maximum atomic E-state index is 11.9. The number of ether oxygens (including phenoxy) is 2. The lowest BCUT2D eigenvalue weighted by molar-refractivity contribution is -0.116. The van der Waals surface area contributed by atoms with E-state index >= 15 is 0 Å². The Hall–Kier alpha value is -6.81. The predicted molar refractivity (Wildman–Crippen MR) is 197 cm³/mol. The number of carbonyl (C=O) groups is 2. The first kappa shape index (κ1) is 35.0. The lowest BCUT2D eigenvalue weighted by Gasteiger charge is -2.11. The lowest BCUT2D eigenvalue weighted by atomic mass is 10.0. The number of carbonyl (C=O) groups excluding carboxylic acids is 2. The fraction of sp³-hybridized carbons (Fsp3) is 0.119. The number of nitrogens with zero attached hydrogens (tertiary/aromatic N) is 5. The SMILES string of the molecule is CC(=O)CC(=O)c1ccc(Oc2ncccc2-c2cnccc2C)cc1.Cc1cc(-c2ccc(Oc3ncccc3-c3cnccc3C)cc2)on1. The van der Waals surface area contributed by atoms with E-state index in [1.54, 1.807) is 55.2 Å². The van der Waals surface area contributed by atoms with Gasteiger partial charge in [-0.05, 0) is 124 Å². The van der Waals surface area contributed by atoms with Gasteiger partial charge in [0.15, 0.2) is 11.5 Å². The van der Waals surface area contributed by atoms with Crippen molar-refractivity contribution in [3.63, 3.8) is 0 Å². The van der Waals surface area contributed by atoms with E-state index in [-0.39, 0.29) is 18.0 Å². The van der Waals surface area contributed by atoms with Crippen LogP contribution in [0.15, 0.2) is 133 Å². The summed E-state index contributed by atoms with van der Waals surface area (Å²) in [5.41, 5.74) is 8.18. The summed E-state index contributed by atoms with van der Waals surface area (Å²) in [6, 6.07) is 27.8. The van der Waals surface area contributed by atoms with Crippen LogP contribution in [0.2, 0.25) is 0 Å². The van der Waals surface area contributed by atoms with E-state index in [4.69, 9.17) is 14.0 Å². The van der Waals surface area contributed by atoms with E-state index < -0.39 is 0 Å². The number of Topliss-reactive ketones (excluding diaryl/α,β-unsaturated/α-hetero) is 2. The molecule has 7 aromatic rings. The van der Waals surface area contributed by atoms with Crippen molar-refractivity contribution in [2.45, 2.75) is 34.1 Å². The van der Waals surface area contributed by atoms with Crippen molar-refractivity contribution in [2.75, 3.05) is 0 Å². The van der Waals surface area contributed by atoms with Gasteiger partial charge >= 0.3 is 0 Å². The Labute approximate surface area is 301 Å². The molecule has 0 bridgehead atoms. The number of hydrogen-bond donors (Lipinski definition) is 0. The molecule has 0 amide bonds. The Morgan fingerprint density at radius 3 is 1.62 bits per heavy atom. The minimum Gasteiger partial charge on any atom is -0.438 e. The highest BCUT2D eigenvalue weighted by Gasteiger charge is 2.14. The van der Waals surface area contributed by atoms with E-state index in [9.17, 15) is 9.59 Å². The highest BCUT2D eigenvalue weighted by Crippen LogP contribution is 2.34. The second-order valence-corrected chi connectivity index (χ2v) is 12.0. The average molecular weight is 690 g/mol. The minimum absolute atomic E-state index is 0.0924. The van der Waals surface area contributed by atoms with Gasteiger partial charge in [-0.1, -0.05) is 5.16 Å². The number of hydrogen-bond acceptors (Lipinski definition) is 10. The molecule has 0 aliphatic carbocycles. The van der Waals surface area contributed by atoms with E-state index in [1.807, 2.05) is 93.7 Å². The smallest absolute Gasteiger partial charge is 0.227 e. The molecule has 0 atom stereocenters. The number of aromatic nitrogens is 5. The summed E-state index contributed by atoms with van der Waals surface area (Å²) in [4.78, 5) is 40.1. The largest absolute Gasteiger partial charge is 0.438 e. The predicted octanol–water partition coefficient (Wildman–Crippen LogP) is 9.61. The van der Waals surface area contributed by atoms with Gasteiger partial charge in [-0.2, -0.15) is 0 Å². The maximum Gasteiger partial charge on any atom is 0.227 e. The Balaban J connectivity index is 0.000000179. The number of rotatable bonds is 10. The summed E-state index contributed by atoms with van der Waals surface area (Å²) in [6.45, 7) is 7.34. The van der Waals surface area contributed by atoms with Gasteiger partial charge in [0, 0.05) is 76.6 Å². The highest BCUT2D eigenvalue weighted by molar-refractivity contribution is 6.07. The summed E-state index contributed by atoms with van der Waals surface area (Å²) in [5.74, 6) is 2.66. The van der Waals surface area contributed by atoms with Crippen LogP contribution in [-0.2, 0) is 4.79 Å². The molecule has 0 N–H and O–H groups in total. The second kappa shape index (κ2) is 16.3. The zero-order valence-corrected chi connectivity index (χ0v) is 29.1. The molecule has 2 aromatic carbocycles. The van der Waals surface area contributed by atoms with Crippen molar-refractivity contribution in [1.29, 1.82) is 0 Å². The summed E-state index contributed by atoms with van der Waals surface area (Å²) >= 11 is 0. The molecule has 5 aromatic heterocycles. The normalized spacial score (nSPS) is 10.5. The topological polar surface area (TPSA) is 130 Å². The molecule has 0 spiro atoms. The summed E-state index contributed by atoms with van der Waals surface area (Å²) in [7, 11) is 0. The van der Waals surface area contributed by atoms with Crippen molar-refractivity contribution in [1.82, 2.24) is 25.1 Å². The molecule has 0 radical (unpaired) electrons. The second-order valence-electron chi connectivity index (χ2n) is 12.0. The molecule has 7 rings (SSSR count). The molecule has 10 nitrogen and oxygen atoms in total. The molecule has 52 heavy (non-hydrogen) atoms. The van der Waals surface area contributed by atoms with Gasteiger partial charge in [-0.15, -0.1) is 0 Å². The molecule has 10 heteroatoms. The highest BCUT2D eigenvalue weighted by atomic mass is 16.5. The van der Waals surface area contributed by atoms with Crippen LogP contribution in [0.4, 0.5) is 0 Å². The lowest BCUT2D eigenvalue weighted by Crippen LogP contribution is -2.04. The van der Waals surface area contributed by atoms with Gasteiger partial charge in [-0.3, -0.25) is 19.6 Å². The maximum absolute atomic E-state index is 11.9. The van der Waals surface area contributed by atoms with Gasteiger partial charge in [-0.25, -0.2) is 9.97 Å². The van der Waals surface area contributed by atoms with Crippen molar-refractivity contribution < 1.29 is 23.6 Å². The molecule has 0 aliphatic rings. The van der Waals surface area contributed by atoms with Gasteiger partial charge in [0.2, 0.25) is 11.8 Å². The van der Waals surface area contributed by atoms with Crippen LogP contribution >= 0.6 is 0 Å². The monoisotopic (exact) mass is 689 g/mol. The minimum atomic E-state index is -0.200. The molecule has 0 saturated heterocycles. The quantitative estimate of drug-likeness (QED) is 0.101. The molecular weight excluding hydrogens is 654 g/mol. The number of pyridine rings is 4. The zero-order chi connectivity index (χ0) is 36.5. The Morgan fingerprint density at radius 1 is 0.635 bits per heavy atom. The van der Waals surface area contributed by atoms with Gasteiger partial charge in [0.05, 0.1) is 12.1 Å². The third-order valence-electron chi connectivity index (χ3n) is 7.98. The first-order valence-electron chi connectivity index (χ1n) is 16.5. The van der Waals surface area contributed by atoms with Crippen LogP contribution in [0.5, 0.6) is 23.3 Å². The Bertz CT molecular complexity index is 2320. The van der Waals surface area contributed by atoms with Gasteiger partial charge < -0.3 is 14.0 Å². The van der Waals surface area contributed by atoms with Crippen LogP contribution in [0, 0.1) is 20.8 Å². The van der Waals surface area contributed by atoms with Crippen molar-refractivity contribution in [2.24, 2.45) is 0 Å². The van der Waals surface area contributed by atoms with Crippen LogP contribution in [0.25, 0.3) is 33.6 Å². The van der Waals surface area contributed by atoms with Crippen LogP contribution < -0.4 is 9.47 Å². The number of aryl methyl sites for hydroxylation is 3. The Morgan fingerprint density at radius 2 is 1.15 bits per heavy atom. The van der Waals surface area contributed by atoms with Crippen molar-refractivity contribution in [3.8, 4) is 56.8 Å². The molecule has 5 heterocycles. The van der Waals surface area contributed by atoms with Crippen LogP contribution in [0.3, 0.4) is 0 Å². The van der Waals surface area contributed by atoms with E-state index in [0.29, 0.717) is 28.8 Å². The number of ketones is 2. The summed E-state index contributed by atoms with van der Waals surface area (Å²) in [5, 5.41) is 3.91. The molecule has 0 aliphatic heterocycles. The third kappa shape index (κ3) is 8.67. The van der Waals surface area contributed by atoms with Crippen molar-refractivity contribution >= 4 is 11.6 Å². The first-order chi connectivity index (χ1) is 25.2. The van der Waals surface area contributed by atoms with Crippen molar-refractivity contribution in [3.05, 3.63) is 151 Å². The standard InChI is InChI=1S/C21H17N3O2.C21H18N2O3/c1-14-9-11-22-13-19(14)18-4-3-10-23-21(18)25-17-7-5-16(6-8-17)20-12-15(2)24-26-20;1-14-9-11-22-13-19(14)18-4-3-10-23-21(18)26-17-7-5-16(6-8-17)20(25)12-15(2)24/h3-13H,1-2H3;3-11,13H,12H2,1-2H3. The fourth-order valence-corrected chi connectivity index (χ4v) is 5.29. The van der Waals surface area contributed by atoms with E-state index in [1.165, 1.54) is 6.92 Å². The summed E-state index contributed by atoms with van der Waals surface area (Å²) in [6.07, 6.45) is 10.4. The van der Waals surface area contributed by atoms with Gasteiger partial charge in [0.1, 0.15) is 17.3 Å². The van der Waals surface area contributed by atoms with E-state index in [0.717, 1.165) is 50.4 Å². The van der Waals surface area contributed by atoms with Crippen LogP contribution in [-0.4, -0.2) is 36.7 Å². The average Bonchev–Trinajstić information content (AvgIpc) is 3.59. The first-order valence-corrected chi connectivity index (χ1v) is 16.5.